The number of amides is 1. The predicted molar refractivity (Wildman–Crippen MR) is 161 cm³/mol. The molecule has 1 saturated carbocycles. The average molecular weight is 549 g/mol. The second kappa shape index (κ2) is 14.1. The molecule has 1 aromatic heterocycles. The van der Waals surface area contributed by atoms with Gasteiger partial charge in [-0.15, -0.1) is 0 Å². The fraction of sp³-hybridized carbons (Fsp3) is 0.636. The Kier molecular flexibility index (Phi) is 10.6. The molecule has 1 aliphatic heterocycles. The number of nitrogens with zero attached hydrogens (tertiary/aromatic N) is 4. The van der Waals surface area contributed by atoms with Crippen molar-refractivity contribution in [2.24, 2.45) is 17.8 Å². The van der Waals surface area contributed by atoms with Gasteiger partial charge in [0, 0.05) is 45.0 Å². The van der Waals surface area contributed by atoms with Crippen LogP contribution in [-0.4, -0.2) is 48.9 Å². The number of anilines is 2. The van der Waals surface area contributed by atoms with E-state index in [9.17, 15) is 9.59 Å². The van der Waals surface area contributed by atoms with Gasteiger partial charge in [0.05, 0.1) is 13.3 Å². The van der Waals surface area contributed by atoms with E-state index in [0.717, 1.165) is 72.4 Å². The first kappa shape index (κ1) is 30.0. The van der Waals surface area contributed by atoms with E-state index in [1.807, 2.05) is 18.2 Å². The van der Waals surface area contributed by atoms with Crippen molar-refractivity contribution in [1.82, 2.24) is 9.97 Å². The molecule has 2 atom stereocenters. The van der Waals surface area contributed by atoms with Crippen molar-refractivity contribution in [2.45, 2.75) is 91.4 Å². The molecule has 1 aromatic carbocycles. The summed E-state index contributed by atoms with van der Waals surface area (Å²) in [7, 11) is 3.48. The summed E-state index contributed by atoms with van der Waals surface area (Å²) in [6.45, 7) is 8.25. The fourth-order valence-corrected chi connectivity index (χ4v) is 6.14. The van der Waals surface area contributed by atoms with Crippen LogP contribution in [0.4, 0.5) is 11.5 Å². The van der Waals surface area contributed by atoms with Crippen LogP contribution < -0.4 is 14.5 Å². The van der Waals surface area contributed by atoms with Gasteiger partial charge in [0.2, 0.25) is 5.91 Å². The summed E-state index contributed by atoms with van der Waals surface area (Å²) in [5.74, 6) is 4.70. The first-order valence-corrected chi connectivity index (χ1v) is 15.3. The Bertz CT molecular complexity index is 1160. The number of aryl methyl sites for hydroxylation is 2. The summed E-state index contributed by atoms with van der Waals surface area (Å²) >= 11 is 0. The SMILES string of the molecule is COc1cc(C(=O)CCC2CCCC(C)CC2)ccc1CCCc1ncc2c(n1)N(CC(C)C)CCC(=O)N2C. The van der Waals surface area contributed by atoms with Gasteiger partial charge in [-0.25, -0.2) is 9.97 Å². The number of Topliss-reactive ketones (excluding diaryl/α,β-unsaturated/α-hetero) is 1. The maximum absolute atomic E-state index is 13.0. The molecule has 7 heteroatoms. The second-order valence-corrected chi connectivity index (χ2v) is 12.4. The van der Waals surface area contributed by atoms with Crippen molar-refractivity contribution >= 4 is 23.2 Å². The smallest absolute Gasteiger partial charge is 0.228 e. The van der Waals surface area contributed by atoms with Crippen LogP contribution in [0.25, 0.3) is 0 Å². The second-order valence-electron chi connectivity index (χ2n) is 12.4. The van der Waals surface area contributed by atoms with E-state index in [1.54, 1.807) is 25.3 Å². The summed E-state index contributed by atoms with van der Waals surface area (Å²) in [6.07, 6.45) is 12.7. The van der Waals surface area contributed by atoms with Crippen molar-refractivity contribution in [3.05, 3.63) is 41.3 Å². The van der Waals surface area contributed by atoms with Gasteiger partial charge in [0.1, 0.15) is 17.3 Å². The molecule has 0 saturated heterocycles. The van der Waals surface area contributed by atoms with Crippen molar-refractivity contribution in [3.8, 4) is 5.75 Å². The third-order valence-corrected chi connectivity index (χ3v) is 8.63. The highest BCUT2D eigenvalue weighted by atomic mass is 16.5. The zero-order valence-corrected chi connectivity index (χ0v) is 25.2. The van der Waals surface area contributed by atoms with Crippen molar-refractivity contribution in [3.63, 3.8) is 0 Å². The first-order valence-electron chi connectivity index (χ1n) is 15.3. The molecule has 1 aliphatic carbocycles. The Morgan fingerprint density at radius 1 is 1.15 bits per heavy atom. The highest BCUT2D eigenvalue weighted by Crippen LogP contribution is 2.32. The van der Waals surface area contributed by atoms with E-state index in [-0.39, 0.29) is 11.7 Å². The largest absolute Gasteiger partial charge is 0.496 e. The highest BCUT2D eigenvalue weighted by molar-refractivity contribution is 5.97. The minimum absolute atomic E-state index is 0.0944. The van der Waals surface area contributed by atoms with Crippen LogP contribution in [0.2, 0.25) is 0 Å². The predicted octanol–water partition coefficient (Wildman–Crippen LogP) is 6.67. The molecular formula is C33H48N4O3. The van der Waals surface area contributed by atoms with Gasteiger partial charge in [-0.2, -0.15) is 0 Å². The Balaban J connectivity index is 1.36. The van der Waals surface area contributed by atoms with Gasteiger partial charge in [0.15, 0.2) is 11.6 Å². The molecule has 1 fully saturated rings. The number of carbonyl (C=O) groups is 2. The topological polar surface area (TPSA) is 75.6 Å². The maximum Gasteiger partial charge on any atom is 0.228 e. The molecule has 0 bridgehead atoms. The molecule has 0 radical (unpaired) electrons. The molecule has 2 aromatic rings. The molecule has 2 aliphatic rings. The molecule has 218 valence electrons. The highest BCUT2D eigenvalue weighted by Gasteiger charge is 2.26. The number of fused-ring (bicyclic) bond motifs is 1. The zero-order valence-electron chi connectivity index (χ0n) is 25.2. The number of methoxy groups -OCH3 is 1. The van der Waals surface area contributed by atoms with Gasteiger partial charge in [-0.05, 0) is 48.6 Å². The minimum Gasteiger partial charge on any atom is -0.496 e. The van der Waals surface area contributed by atoms with Gasteiger partial charge in [-0.1, -0.05) is 65.0 Å². The summed E-state index contributed by atoms with van der Waals surface area (Å²) in [4.78, 5) is 38.9. The normalized spacial score (nSPS) is 19.8. The van der Waals surface area contributed by atoms with Crippen LogP contribution in [0.15, 0.2) is 24.4 Å². The lowest BCUT2D eigenvalue weighted by atomic mass is 9.92. The van der Waals surface area contributed by atoms with E-state index < -0.39 is 0 Å². The number of hydrogen-bond acceptors (Lipinski definition) is 6. The number of rotatable bonds is 11. The number of carbonyl (C=O) groups excluding carboxylic acids is 2. The third kappa shape index (κ3) is 7.82. The monoisotopic (exact) mass is 548 g/mol. The van der Waals surface area contributed by atoms with Crippen molar-refractivity contribution in [1.29, 1.82) is 0 Å². The molecule has 7 nitrogen and oxygen atoms in total. The molecule has 2 heterocycles. The summed E-state index contributed by atoms with van der Waals surface area (Å²) in [6, 6.07) is 5.93. The summed E-state index contributed by atoms with van der Waals surface area (Å²) < 4.78 is 5.70. The number of ketones is 1. The lowest BCUT2D eigenvalue weighted by molar-refractivity contribution is -0.118. The van der Waals surface area contributed by atoms with Gasteiger partial charge >= 0.3 is 0 Å². The van der Waals surface area contributed by atoms with Crippen LogP contribution in [-0.2, 0) is 17.6 Å². The lowest BCUT2D eigenvalue weighted by Gasteiger charge is -2.26. The van der Waals surface area contributed by atoms with Crippen LogP contribution in [0, 0.1) is 17.8 Å². The standard InChI is InChI=1S/C33H48N4O3/c1-23(2)22-37-19-18-32(39)36(4)28-21-34-31(35-33(28)37)11-7-10-26-15-16-27(20-30(26)40-5)29(38)17-14-25-9-6-8-24(3)12-13-25/h15-16,20-21,23-25H,6-14,17-19,22H2,1-5H3. The fourth-order valence-electron chi connectivity index (χ4n) is 6.14. The maximum atomic E-state index is 13.0. The Hall–Kier alpha value is -2.96. The zero-order chi connectivity index (χ0) is 28.6. The van der Waals surface area contributed by atoms with E-state index in [4.69, 9.17) is 9.72 Å². The molecule has 4 rings (SSSR count). The quantitative estimate of drug-likeness (QED) is 0.231. The van der Waals surface area contributed by atoms with Crippen LogP contribution in [0.1, 0.15) is 100 Å². The first-order chi connectivity index (χ1) is 19.2. The minimum atomic E-state index is 0.0944. The number of aromatic nitrogens is 2. The van der Waals surface area contributed by atoms with Crippen molar-refractivity contribution < 1.29 is 14.3 Å². The van der Waals surface area contributed by atoms with E-state index in [2.05, 4.69) is 30.7 Å². The van der Waals surface area contributed by atoms with E-state index >= 15 is 0 Å². The number of hydrogen-bond donors (Lipinski definition) is 0. The molecule has 1 amide bonds. The third-order valence-electron chi connectivity index (χ3n) is 8.63. The molecule has 40 heavy (non-hydrogen) atoms. The van der Waals surface area contributed by atoms with Gasteiger partial charge in [-0.3, -0.25) is 9.59 Å². The molecular weight excluding hydrogens is 500 g/mol. The molecule has 0 spiro atoms. The van der Waals surface area contributed by atoms with Crippen molar-refractivity contribution in [2.75, 3.05) is 37.0 Å². The summed E-state index contributed by atoms with van der Waals surface area (Å²) in [5.41, 5.74) is 2.63. The van der Waals surface area contributed by atoms with Crippen LogP contribution >= 0.6 is 0 Å². The molecule has 2 unspecified atom stereocenters. The Morgan fingerprint density at radius 2 is 1.98 bits per heavy atom. The van der Waals surface area contributed by atoms with Gasteiger partial charge < -0.3 is 14.5 Å². The van der Waals surface area contributed by atoms with Crippen LogP contribution in [0.3, 0.4) is 0 Å². The number of benzene rings is 1. The lowest BCUT2D eigenvalue weighted by Crippen LogP contribution is -2.29. The van der Waals surface area contributed by atoms with E-state index in [1.165, 1.54) is 32.1 Å². The van der Waals surface area contributed by atoms with E-state index in [0.29, 0.717) is 31.2 Å². The number of ether oxygens (including phenoxy) is 1. The van der Waals surface area contributed by atoms with Gasteiger partial charge in [0.25, 0.3) is 0 Å². The summed E-state index contributed by atoms with van der Waals surface area (Å²) in [5, 5.41) is 0. The Morgan fingerprint density at radius 3 is 2.75 bits per heavy atom. The van der Waals surface area contributed by atoms with Crippen LogP contribution in [0.5, 0.6) is 5.75 Å². The molecule has 0 N–H and O–H groups in total. The Labute approximate surface area is 240 Å². The average Bonchev–Trinajstić information content (AvgIpc) is 3.22.